The van der Waals surface area contributed by atoms with E-state index in [0.717, 1.165) is 25.6 Å². The highest BCUT2D eigenvalue weighted by Crippen LogP contribution is 2.59. The van der Waals surface area contributed by atoms with Crippen molar-refractivity contribution < 1.29 is 15.0 Å². The normalized spacial score (nSPS) is 29.6. The maximum atomic E-state index is 12.4. The highest BCUT2D eigenvalue weighted by atomic mass is 16.2. The van der Waals surface area contributed by atoms with Crippen molar-refractivity contribution >= 4 is 5.91 Å². The van der Waals surface area contributed by atoms with Gasteiger partial charge in [0.1, 0.15) is 26.2 Å². The SMILES string of the molecule is CCC(=O)N(CC[NH+]1CC[NH2+]CC1)CC1=CC[C@H]2C[C@@H]1C2(C)C. The predicted molar refractivity (Wildman–Crippen MR) is 92.2 cm³/mol. The van der Waals surface area contributed by atoms with E-state index in [1.54, 1.807) is 10.5 Å². The molecule has 4 aliphatic rings. The molecule has 4 rings (SSSR count). The lowest BCUT2D eigenvalue weighted by Crippen LogP contribution is -3.20. The number of hydrogen-bond acceptors (Lipinski definition) is 1. The Hall–Kier alpha value is -0.870. The standard InChI is InChI=1S/C19H33N3O/c1-4-18(23)22(12-11-21-9-7-20-8-10-21)14-15-5-6-16-13-17(15)19(16,2)3/h5,16-17,20H,4,6-14H2,1-3H3/p+2/t16-,17-/m0/s1. The van der Waals surface area contributed by atoms with Gasteiger partial charge >= 0.3 is 0 Å². The summed E-state index contributed by atoms with van der Waals surface area (Å²) in [5.74, 6) is 1.92. The summed E-state index contributed by atoms with van der Waals surface area (Å²) in [4.78, 5) is 16.2. The zero-order valence-corrected chi connectivity index (χ0v) is 15.2. The van der Waals surface area contributed by atoms with E-state index in [1.807, 2.05) is 6.92 Å². The average molecular weight is 322 g/mol. The van der Waals surface area contributed by atoms with Gasteiger partial charge in [0.25, 0.3) is 0 Å². The van der Waals surface area contributed by atoms with Crippen LogP contribution in [0.15, 0.2) is 11.6 Å². The molecule has 0 spiro atoms. The molecule has 0 aromatic carbocycles. The minimum Gasteiger partial charge on any atom is -0.337 e. The Morgan fingerprint density at radius 1 is 1.39 bits per heavy atom. The molecule has 4 nitrogen and oxygen atoms in total. The molecule has 0 radical (unpaired) electrons. The number of rotatable bonds is 6. The second kappa shape index (κ2) is 6.94. The van der Waals surface area contributed by atoms with Gasteiger partial charge < -0.3 is 15.1 Å². The summed E-state index contributed by atoms with van der Waals surface area (Å²) in [6, 6.07) is 0. The molecule has 1 saturated heterocycles. The third-order valence-electron chi connectivity index (χ3n) is 6.75. The van der Waals surface area contributed by atoms with Crippen molar-refractivity contribution in [2.75, 3.05) is 45.8 Å². The molecular weight excluding hydrogens is 286 g/mol. The fraction of sp³-hybridized carbons (Fsp3) is 0.842. The summed E-state index contributed by atoms with van der Waals surface area (Å²) in [6.07, 6.45) is 5.65. The topological polar surface area (TPSA) is 41.4 Å². The molecule has 1 aliphatic heterocycles. The lowest BCUT2D eigenvalue weighted by atomic mass is 9.49. The lowest BCUT2D eigenvalue weighted by Gasteiger charge is -2.57. The lowest BCUT2D eigenvalue weighted by molar-refractivity contribution is -0.946. The van der Waals surface area contributed by atoms with Crippen LogP contribution in [0.4, 0.5) is 0 Å². The Morgan fingerprint density at radius 3 is 2.74 bits per heavy atom. The number of carbonyl (C=O) groups is 1. The van der Waals surface area contributed by atoms with E-state index in [-0.39, 0.29) is 0 Å². The van der Waals surface area contributed by atoms with Crippen molar-refractivity contribution in [2.45, 2.75) is 40.0 Å². The van der Waals surface area contributed by atoms with Gasteiger partial charge in [0.05, 0.1) is 13.1 Å². The molecule has 3 N–H and O–H groups in total. The van der Waals surface area contributed by atoms with Crippen molar-refractivity contribution in [1.82, 2.24) is 4.90 Å². The number of nitrogens with one attached hydrogen (secondary N) is 1. The minimum atomic E-state index is 0.327. The summed E-state index contributed by atoms with van der Waals surface area (Å²) >= 11 is 0. The number of nitrogens with zero attached hydrogens (tertiary/aromatic N) is 1. The average Bonchev–Trinajstić information content (AvgIpc) is 2.58. The number of amides is 1. The van der Waals surface area contributed by atoms with E-state index in [1.165, 1.54) is 39.0 Å². The fourth-order valence-electron chi connectivity index (χ4n) is 4.82. The highest BCUT2D eigenvalue weighted by molar-refractivity contribution is 5.76. The Morgan fingerprint density at radius 2 is 2.13 bits per heavy atom. The number of hydrogen-bond donors (Lipinski definition) is 2. The van der Waals surface area contributed by atoms with E-state index in [4.69, 9.17) is 0 Å². The third kappa shape index (κ3) is 3.48. The van der Waals surface area contributed by atoms with E-state index >= 15 is 0 Å². The number of piperazine rings is 1. The smallest absolute Gasteiger partial charge is 0.222 e. The van der Waals surface area contributed by atoms with Crippen molar-refractivity contribution in [2.24, 2.45) is 17.3 Å². The summed E-state index contributed by atoms with van der Waals surface area (Å²) in [5, 5.41) is 2.40. The molecule has 23 heavy (non-hydrogen) atoms. The van der Waals surface area contributed by atoms with Gasteiger partial charge in [-0.1, -0.05) is 32.4 Å². The maximum Gasteiger partial charge on any atom is 0.222 e. The first-order chi connectivity index (χ1) is 11.0. The molecule has 0 unspecified atom stereocenters. The van der Waals surface area contributed by atoms with E-state index < -0.39 is 0 Å². The quantitative estimate of drug-likeness (QED) is 0.647. The van der Waals surface area contributed by atoms with Gasteiger partial charge in [-0.3, -0.25) is 4.79 Å². The second-order valence-electron chi connectivity index (χ2n) is 8.36. The molecule has 0 aromatic rings. The molecule has 0 aromatic heterocycles. The van der Waals surface area contributed by atoms with Gasteiger partial charge in [-0.2, -0.15) is 0 Å². The minimum absolute atomic E-state index is 0.327. The molecule has 1 amide bonds. The highest BCUT2D eigenvalue weighted by Gasteiger charge is 2.51. The molecule has 2 bridgehead atoms. The van der Waals surface area contributed by atoms with Crippen LogP contribution in [0.1, 0.15) is 40.0 Å². The first-order valence-electron chi connectivity index (χ1n) is 9.64. The molecule has 1 heterocycles. The van der Waals surface area contributed by atoms with Crippen molar-refractivity contribution in [1.29, 1.82) is 0 Å². The van der Waals surface area contributed by atoms with Crippen LogP contribution >= 0.6 is 0 Å². The van der Waals surface area contributed by atoms with Crippen molar-refractivity contribution in [3.05, 3.63) is 11.6 Å². The first-order valence-corrected chi connectivity index (χ1v) is 9.64. The number of allylic oxidation sites excluding steroid dienone is 1. The number of fused-ring (bicyclic) bond motifs is 1. The third-order valence-corrected chi connectivity index (χ3v) is 6.75. The summed E-state index contributed by atoms with van der Waals surface area (Å²) in [7, 11) is 0. The number of carbonyl (C=O) groups excluding carboxylic acids is 1. The Kier molecular flexibility index (Phi) is 5.12. The molecular formula is C19H35N3O+2. The maximum absolute atomic E-state index is 12.4. The molecule has 2 fully saturated rings. The van der Waals surface area contributed by atoms with E-state index in [9.17, 15) is 4.79 Å². The van der Waals surface area contributed by atoms with E-state index in [2.05, 4.69) is 30.1 Å². The summed E-state index contributed by atoms with van der Waals surface area (Å²) in [5.41, 5.74) is 2.00. The van der Waals surface area contributed by atoms with Crippen LogP contribution in [0.25, 0.3) is 0 Å². The second-order valence-corrected chi connectivity index (χ2v) is 8.36. The van der Waals surface area contributed by atoms with E-state index in [0.29, 0.717) is 23.7 Å². The summed E-state index contributed by atoms with van der Waals surface area (Å²) in [6.45, 7) is 14.7. The molecule has 2 atom stereocenters. The molecule has 3 aliphatic carbocycles. The monoisotopic (exact) mass is 321 g/mol. The van der Waals surface area contributed by atoms with Crippen molar-refractivity contribution in [3.8, 4) is 0 Å². The van der Waals surface area contributed by atoms with Gasteiger partial charge in [-0.25, -0.2) is 0 Å². The van der Waals surface area contributed by atoms with Gasteiger partial charge in [0, 0.05) is 13.0 Å². The van der Waals surface area contributed by atoms with Gasteiger partial charge in [-0.05, 0) is 30.1 Å². The number of quaternary nitrogens is 2. The predicted octanol–water partition coefficient (Wildman–Crippen LogP) is -0.321. The largest absolute Gasteiger partial charge is 0.337 e. The zero-order chi connectivity index (χ0) is 16.4. The van der Waals surface area contributed by atoms with Crippen LogP contribution in [-0.2, 0) is 4.79 Å². The number of nitrogens with two attached hydrogens (primary N) is 1. The fourth-order valence-corrected chi connectivity index (χ4v) is 4.82. The molecule has 130 valence electrons. The van der Waals surface area contributed by atoms with Crippen LogP contribution in [0, 0.1) is 17.3 Å². The van der Waals surface area contributed by atoms with Gasteiger partial charge in [0.2, 0.25) is 5.91 Å². The van der Waals surface area contributed by atoms with Gasteiger partial charge in [-0.15, -0.1) is 0 Å². The van der Waals surface area contributed by atoms with Crippen molar-refractivity contribution in [3.63, 3.8) is 0 Å². The van der Waals surface area contributed by atoms with Crippen LogP contribution in [0.2, 0.25) is 0 Å². The van der Waals surface area contributed by atoms with Crippen LogP contribution in [-0.4, -0.2) is 56.6 Å². The first kappa shape index (κ1) is 17.0. The Balaban J connectivity index is 1.58. The molecule has 4 heteroatoms. The van der Waals surface area contributed by atoms with Gasteiger partial charge in [0.15, 0.2) is 0 Å². The summed E-state index contributed by atoms with van der Waals surface area (Å²) < 4.78 is 0. The Labute approximate surface area is 141 Å². The van der Waals surface area contributed by atoms with Crippen LogP contribution in [0.5, 0.6) is 0 Å². The zero-order valence-electron chi connectivity index (χ0n) is 15.2. The Bertz CT molecular complexity index is 465. The van der Waals surface area contributed by atoms with Crippen LogP contribution < -0.4 is 10.2 Å². The van der Waals surface area contributed by atoms with Crippen LogP contribution in [0.3, 0.4) is 0 Å². The molecule has 1 saturated carbocycles.